The van der Waals surface area contributed by atoms with Gasteiger partial charge < -0.3 is 20.4 Å². The van der Waals surface area contributed by atoms with Crippen molar-refractivity contribution in [2.24, 2.45) is 4.99 Å². The van der Waals surface area contributed by atoms with Crippen molar-refractivity contribution in [3.8, 4) is 0 Å². The van der Waals surface area contributed by atoms with Gasteiger partial charge in [-0.2, -0.15) is 0 Å². The van der Waals surface area contributed by atoms with E-state index in [0.717, 1.165) is 57.6 Å². The average molecular weight is 444 g/mol. The summed E-state index contributed by atoms with van der Waals surface area (Å²) < 4.78 is 0. The van der Waals surface area contributed by atoms with E-state index in [1.54, 1.807) is 0 Å². The third-order valence-corrected chi connectivity index (χ3v) is 5.97. The highest BCUT2D eigenvalue weighted by Gasteiger charge is 2.21. The zero-order valence-electron chi connectivity index (χ0n) is 20.1. The molecule has 2 fully saturated rings. The number of carbonyl (C=O) groups is 1. The lowest BCUT2D eigenvalue weighted by Crippen LogP contribution is -2.54. The van der Waals surface area contributed by atoms with E-state index < -0.39 is 0 Å². The molecule has 1 amide bonds. The molecule has 0 atom stereocenters. The fraction of sp³-hybridized carbons (Fsp3) is 0.708. The van der Waals surface area contributed by atoms with Crippen molar-refractivity contribution in [1.29, 1.82) is 0 Å². The number of piperazine rings is 1. The molecule has 2 saturated heterocycles. The van der Waals surface area contributed by atoms with Crippen molar-refractivity contribution < 1.29 is 4.79 Å². The molecule has 0 bridgehead atoms. The Balaban J connectivity index is 1.56. The Bertz CT molecular complexity index is 736. The Morgan fingerprint density at radius 1 is 1.09 bits per heavy atom. The third kappa shape index (κ3) is 7.65. The summed E-state index contributed by atoms with van der Waals surface area (Å²) in [6, 6.07) is 4.45. The third-order valence-electron chi connectivity index (χ3n) is 5.97. The summed E-state index contributed by atoms with van der Waals surface area (Å²) in [5.41, 5.74) is 1.19. The van der Waals surface area contributed by atoms with E-state index in [-0.39, 0.29) is 11.9 Å². The number of pyridine rings is 1. The first kappa shape index (κ1) is 24.3. The first-order chi connectivity index (χ1) is 15.5. The van der Waals surface area contributed by atoms with Crippen LogP contribution in [0.3, 0.4) is 0 Å². The molecular formula is C24H41N7O. The van der Waals surface area contributed by atoms with Crippen LogP contribution in [0, 0.1) is 0 Å². The summed E-state index contributed by atoms with van der Waals surface area (Å²) in [6.07, 6.45) is 7.06. The minimum atomic E-state index is 0.104. The van der Waals surface area contributed by atoms with Gasteiger partial charge in [0, 0.05) is 58.1 Å². The van der Waals surface area contributed by atoms with Gasteiger partial charge in [0.1, 0.15) is 5.82 Å². The number of nitrogens with one attached hydrogen (secondary N) is 2. The van der Waals surface area contributed by atoms with E-state index in [9.17, 15) is 4.79 Å². The average Bonchev–Trinajstić information content (AvgIpc) is 3.07. The van der Waals surface area contributed by atoms with E-state index in [0.29, 0.717) is 13.1 Å². The summed E-state index contributed by atoms with van der Waals surface area (Å²) in [5.74, 6) is 2.14. The first-order valence-electron chi connectivity index (χ1n) is 12.3. The second-order valence-corrected chi connectivity index (χ2v) is 9.08. The van der Waals surface area contributed by atoms with Crippen LogP contribution in [0.15, 0.2) is 23.3 Å². The standard InChI is InChI=1S/C24H41N7O/c1-4-25-24(31-15-13-29(14-16-31)19-23(32)28-20(2)3)27-18-21-9-10-26-22(17-21)30-11-7-5-6-8-12-30/h9-10,17,20H,4-8,11-16,18-19H2,1-3H3,(H,25,27)(H,28,32). The summed E-state index contributed by atoms with van der Waals surface area (Å²) in [6.45, 7) is 13.7. The largest absolute Gasteiger partial charge is 0.357 e. The molecule has 1 aromatic rings. The SMILES string of the molecule is CCNC(=NCc1ccnc(N2CCCCCC2)c1)N1CCN(CC(=O)NC(C)C)CC1. The van der Waals surface area contributed by atoms with Crippen LogP contribution in [0.25, 0.3) is 0 Å². The Morgan fingerprint density at radius 3 is 2.47 bits per heavy atom. The zero-order valence-corrected chi connectivity index (χ0v) is 20.1. The molecule has 3 heterocycles. The van der Waals surface area contributed by atoms with Gasteiger partial charge >= 0.3 is 0 Å². The number of carbonyl (C=O) groups excluding carboxylic acids is 1. The van der Waals surface area contributed by atoms with E-state index in [1.165, 1.54) is 31.2 Å². The van der Waals surface area contributed by atoms with E-state index in [4.69, 9.17) is 4.99 Å². The van der Waals surface area contributed by atoms with Crippen LogP contribution in [0.1, 0.15) is 52.0 Å². The molecule has 0 aliphatic carbocycles. The van der Waals surface area contributed by atoms with Gasteiger partial charge in [0.25, 0.3) is 0 Å². The second-order valence-electron chi connectivity index (χ2n) is 9.08. The zero-order chi connectivity index (χ0) is 22.8. The second kappa shape index (κ2) is 12.6. The Labute approximate surface area is 193 Å². The number of aliphatic imine (C=N–C) groups is 1. The number of hydrogen-bond acceptors (Lipinski definition) is 5. The normalized spacial score (nSPS) is 18.6. The lowest BCUT2D eigenvalue weighted by Gasteiger charge is -2.36. The highest BCUT2D eigenvalue weighted by atomic mass is 16.2. The van der Waals surface area contributed by atoms with Gasteiger partial charge in [0.2, 0.25) is 5.91 Å². The van der Waals surface area contributed by atoms with E-state index in [1.807, 2.05) is 20.0 Å². The molecule has 3 rings (SSSR count). The molecule has 0 unspecified atom stereocenters. The maximum Gasteiger partial charge on any atom is 0.234 e. The lowest BCUT2D eigenvalue weighted by atomic mass is 10.2. The van der Waals surface area contributed by atoms with E-state index >= 15 is 0 Å². The van der Waals surface area contributed by atoms with Gasteiger partial charge in [-0.3, -0.25) is 9.69 Å². The molecule has 2 N–H and O–H groups in total. The number of hydrogen-bond donors (Lipinski definition) is 2. The number of nitrogens with zero attached hydrogens (tertiary/aromatic N) is 5. The monoisotopic (exact) mass is 443 g/mol. The summed E-state index contributed by atoms with van der Waals surface area (Å²) in [7, 11) is 0. The van der Waals surface area contributed by atoms with Gasteiger partial charge in [-0.05, 0) is 51.3 Å². The summed E-state index contributed by atoms with van der Waals surface area (Å²) >= 11 is 0. The molecule has 32 heavy (non-hydrogen) atoms. The highest BCUT2D eigenvalue weighted by molar-refractivity contribution is 5.80. The van der Waals surface area contributed by atoms with Crippen LogP contribution in [0.5, 0.6) is 0 Å². The Morgan fingerprint density at radius 2 is 1.81 bits per heavy atom. The molecule has 2 aliphatic heterocycles. The van der Waals surface area contributed by atoms with Crippen molar-refractivity contribution in [3.63, 3.8) is 0 Å². The van der Waals surface area contributed by atoms with Crippen molar-refractivity contribution in [1.82, 2.24) is 25.4 Å². The summed E-state index contributed by atoms with van der Waals surface area (Å²) in [5, 5.41) is 6.42. The molecule has 0 aromatic carbocycles. The minimum absolute atomic E-state index is 0.104. The van der Waals surface area contributed by atoms with Gasteiger partial charge in [0.05, 0.1) is 13.1 Å². The molecule has 8 heteroatoms. The van der Waals surface area contributed by atoms with Gasteiger partial charge in [0.15, 0.2) is 5.96 Å². The Kier molecular flexibility index (Phi) is 9.59. The Hall–Kier alpha value is -2.35. The molecule has 178 valence electrons. The molecule has 0 radical (unpaired) electrons. The number of aromatic nitrogens is 1. The van der Waals surface area contributed by atoms with Crippen LogP contribution in [0.4, 0.5) is 5.82 Å². The topological polar surface area (TPSA) is 76.1 Å². The molecule has 0 spiro atoms. The molecule has 8 nitrogen and oxygen atoms in total. The van der Waals surface area contributed by atoms with Crippen LogP contribution in [-0.4, -0.2) is 85.1 Å². The van der Waals surface area contributed by atoms with Crippen LogP contribution >= 0.6 is 0 Å². The predicted octanol–water partition coefficient (Wildman–Crippen LogP) is 2.07. The fourth-order valence-electron chi connectivity index (χ4n) is 4.31. The fourth-order valence-corrected chi connectivity index (χ4v) is 4.31. The lowest BCUT2D eigenvalue weighted by molar-refractivity contribution is -0.123. The van der Waals surface area contributed by atoms with Crippen LogP contribution in [0.2, 0.25) is 0 Å². The smallest absolute Gasteiger partial charge is 0.234 e. The molecule has 0 saturated carbocycles. The maximum atomic E-state index is 12.0. The molecule has 1 aromatic heterocycles. The van der Waals surface area contributed by atoms with Gasteiger partial charge in [-0.15, -0.1) is 0 Å². The number of amides is 1. The molecule has 2 aliphatic rings. The van der Waals surface area contributed by atoms with Crippen LogP contribution < -0.4 is 15.5 Å². The maximum absolute atomic E-state index is 12.0. The van der Waals surface area contributed by atoms with Gasteiger partial charge in [-0.25, -0.2) is 9.98 Å². The predicted molar refractivity (Wildman–Crippen MR) is 131 cm³/mol. The van der Waals surface area contributed by atoms with Crippen molar-refractivity contribution in [2.45, 2.75) is 59.0 Å². The summed E-state index contributed by atoms with van der Waals surface area (Å²) in [4.78, 5) is 28.5. The van der Waals surface area contributed by atoms with Gasteiger partial charge in [-0.1, -0.05) is 12.8 Å². The van der Waals surface area contributed by atoms with Crippen molar-refractivity contribution >= 4 is 17.7 Å². The van der Waals surface area contributed by atoms with Crippen LogP contribution in [-0.2, 0) is 11.3 Å². The number of anilines is 1. The number of rotatable bonds is 7. The van der Waals surface area contributed by atoms with Crippen molar-refractivity contribution in [3.05, 3.63) is 23.9 Å². The number of guanidine groups is 1. The quantitative estimate of drug-likeness (QED) is 0.496. The highest BCUT2D eigenvalue weighted by Crippen LogP contribution is 2.18. The minimum Gasteiger partial charge on any atom is -0.357 e. The van der Waals surface area contributed by atoms with E-state index in [2.05, 4.69) is 49.4 Å². The van der Waals surface area contributed by atoms with Crippen molar-refractivity contribution in [2.75, 3.05) is 57.3 Å². The first-order valence-corrected chi connectivity index (χ1v) is 12.3. The molecular weight excluding hydrogens is 402 g/mol.